The Labute approximate surface area is 116 Å². The van der Waals surface area contributed by atoms with E-state index in [4.69, 9.17) is 0 Å². The van der Waals surface area contributed by atoms with E-state index in [9.17, 15) is 8.42 Å². The van der Waals surface area contributed by atoms with Crippen molar-refractivity contribution in [3.63, 3.8) is 0 Å². The zero-order valence-corrected chi connectivity index (χ0v) is 13.4. The van der Waals surface area contributed by atoms with Crippen LogP contribution in [0.1, 0.15) is 30.5 Å². The van der Waals surface area contributed by atoms with E-state index in [1.165, 1.54) is 4.31 Å². The van der Waals surface area contributed by atoms with Gasteiger partial charge in [0.2, 0.25) is 10.0 Å². The Balaban J connectivity index is 3.38. The molecule has 0 amide bonds. The third kappa shape index (κ3) is 3.35. The molecule has 1 N–H and O–H groups in total. The van der Waals surface area contributed by atoms with Crippen LogP contribution in [-0.4, -0.2) is 32.9 Å². The second kappa shape index (κ2) is 6.03. The topological polar surface area (TPSA) is 49.4 Å². The van der Waals surface area contributed by atoms with Gasteiger partial charge in [0.25, 0.3) is 0 Å². The van der Waals surface area contributed by atoms with Crippen LogP contribution in [0.3, 0.4) is 0 Å². The molecule has 0 spiro atoms. The second-order valence-electron chi connectivity index (χ2n) is 5.19. The molecular weight excluding hydrogens is 260 g/mol. The Bertz CT molecular complexity index is 551. The summed E-state index contributed by atoms with van der Waals surface area (Å²) in [6.07, 6.45) is 0. The van der Waals surface area contributed by atoms with Gasteiger partial charge in [-0.15, -0.1) is 0 Å². The first-order valence-electron chi connectivity index (χ1n) is 6.44. The number of hydrogen-bond donors (Lipinski definition) is 1. The number of nitrogens with zero attached hydrogens (tertiary/aromatic N) is 1. The number of hydrogen-bond acceptors (Lipinski definition) is 3. The Hall–Kier alpha value is -0.910. The largest absolute Gasteiger partial charge is 0.316 e. The van der Waals surface area contributed by atoms with Gasteiger partial charge in [-0.05, 0) is 57.5 Å². The lowest BCUT2D eigenvalue weighted by molar-refractivity contribution is 0.410. The Kier molecular flexibility index (Phi) is 5.12. The first kappa shape index (κ1) is 16.1. The molecule has 4 nitrogen and oxygen atoms in total. The summed E-state index contributed by atoms with van der Waals surface area (Å²) in [7, 11) is 0.0560. The molecule has 1 aromatic carbocycles. The molecule has 0 aliphatic carbocycles. The van der Waals surface area contributed by atoms with Crippen LogP contribution in [0.25, 0.3) is 0 Å². The van der Waals surface area contributed by atoms with Crippen molar-refractivity contribution >= 4 is 10.0 Å². The fourth-order valence-electron chi connectivity index (χ4n) is 1.97. The zero-order valence-electron chi connectivity index (χ0n) is 12.6. The van der Waals surface area contributed by atoms with E-state index in [1.807, 2.05) is 40.8 Å². The van der Waals surface area contributed by atoms with Crippen molar-refractivity contribution in [2.24, 2.45) is 0 Å². The highest BCUT2D eigenvalue weighted by Gasteiger charge is 2.25. The summed E-state index contributed by atoms with van der Waals surface area (Å²) < 4.78 is 26.5. The van der Waals surface area contributed by atoms with Crippen molar-refractivity contribution in [2.75, 3.05) is 14.1 Å². The zero-order chi connectivity index (χ0) is 14.8. The fraction of sp³-hybridized carbons (Fsp3) is 0.571. The van der Waals surface area contributed by atoms with E-state index >= 15 is 0 Å². The number of rotatable bonds is 5. The van der Waals surface area contributed by atoms with E-state index in [2.05, 4.69) is 5.32 Å². The van der Waals surface area contributed by atoms with E-state index in [-0.39, 0.29) is 6.04 Å². The summed E-state index contributed by atoms with van der Waals surface area (Å²) in [6, 6.07) is 3.67. The normalized spacial score (nSPS) is 12.4. The summed E-state index contributed by atoms with van der Waals surface area (Å²) in [6.45, 7) is 8.25. The SMILES string of the molecule is CNCc1cc(S(=O)(=O)N(C)C(C)C)c(C)cc1C. The van der Waals surface area contributed by atoms with Gasteiger partial charge in [-0.2, -0.15) is 4.31 Å². The first-order valence-corrected chi connectivity index (χ1v) is 7.88. The molecule has 108 valence electrons. The lowest BCUT2D eigenvalue weighted by Gasteiger charge is -2.23. The maximum Gasteiger partial charge on any atom is 0.243 e. The van der Waals surface area contributed by atoms with Gasteiger partial charge in [-0.1, -0.05) is 6.07 Å². The molecule has 5 heteroatoms. The molecule has 0 bridgehead atoms. The minimum atomic E-state index is -3.42. The highest BCUT2D eigenvalue weighted by molar-refractivity contribution is 7.89. The number of sulfonamides is 1. The van der Waals surface area contributed by atoms with Gasteiger partial charge in [-0.25, -0.2) is 8.42 Å². The predicted octanol–water partition coefficient (Wildman–Crippen LogP) is 2.05. The molecule has 0 aromatic heterocycles. The van der Waals surface area contributed by atoms with Gasteiger partial charge < -0.3 is 5.32 Å². The standard InChI is InChI=1S/C14H24N2O2S/c1-10(2)16(6)19(17,18)14-8-13(9-15-5)11(3)7-12(14)4/h7-8,10,15H,9H2,1-6H3. The summed E-state index contributed by atoms with van der Waals surface area (Å²) in [4.78, 5) is 0.402. The molecular formula is C14H24N2O2S. The van der Waals surface area contributed by atoms with Crippen molar-refractivity contribution in [3.8, 4) is 0 Å². The number of nitrogens with one attached hydrogen (secondary N) is 1. The molecule has 0 heterocycles. The van der Waals surface area contributed by atoms with Crippen LogP contribution >= 0.6 is 0 Å². The molecule has 0 aliphatic heterocycles. The van der Waals surface area contributed by atoms with E-state index in [0.29, 0.717) is 11.4 Å². The van der Waals surface area contributed by atoms with Gasteiger partial charge in [-0.3, -0.25) is 0 Å². The second-order valence-corrected chi connectivity index (χ2v) is 7.16. The molecule has 1 rings (SSSR count). The molecule has 0 atom stereocenters. The van der Waals surface area contributed by atoms with Crippen LogP contribution in [0.15, 0.2) is 17.0 Å². The molecule has 0 unspecified atom stereocenters. The van der Waals surface area contributed by atoms with Crippen LogP contribution in [0.5, 0.6) is 0 Å². The van der Waals surface area contributed by atoms with Gasteiger partial charge >= 0.3 is 0 Å². The van der Waals surface area contributed by atoms with Gasteiger partial charge in [0, 0.05) is 19.6 Å². The monoisotopic (exact) mass is 284 g/mol. The van der Waals surface area contributed by atoms with Crippen molar-refractivity contribution in [3.05, 3.63) is 28.8 Å². The van der Waals surface area contributed by atoms with Gasteiger partial charge in [0.15, 0.2) is 0 Å². The third-order valence-corrected chi connectivity index (χ3v) is 5.56. The number of aryl methyl sites for hydroxylation is 2. The number of benzene rings is 1. The highest BCUT2D eigenvalue weighted by atomic mass is 32.2. The lowest BCUT2D eigenvalue weighted by atomic mass is 10.1. The summed E-state index contributed by atoms with van der Waals surface area (Å²) >= 11 is 0. The molecule has 1 aromatic rings. The van der Waals surface area contributed by atoms with Crippen molar-refractivity contribution in [1.82, 2.24) is 9.62 Å². The smallest absolute Gasteiger partial charge is 0.243 e. The predicted molar refractivity (Wildman–Crippen MR) is 78.8 cm³/mol. The van der Waals surface area contributed by atoms with Gasteiger partial charge in [0.1, 0.15) is 0 Å². The third-order valence-electron chi connectivity index (χ3n) is 3.38. The van der Waals surface area contributed by atoms with E-state index < -0.39 is 10.0 Å². The minimum Gasteiger partial charge on any atom is -0.316 e. The molecule has 0 aliphatic rings. The fourth-order valence-corrected chi connectivity index (χ4v) is 3.59. The molecule has 0 saturated carbocycles. The Morgan fingerprint density at radius 3 is 2.26 bits per heavy atom. The maximum atomic E-state index is 12.6. The first-order chi connectivity index (χ1) is 8.71. The van der Waals surface area contributed by atoms with Crippen molar-refractivity contribution in [2.45, 2.75) is 45.2 Å². The van der Waals surface area contributed by atoms with Crippen molar-refractivity contribution < 1.29 is 8.42 Å². The van der Waals surface area contributed by atoms with Crippen molar-refractivity contribution in [1.29, 1.82) is 0 Å². The van der Waals surface area contributed by atoms with Crippen LogP contribution in [-0.2, 0) is 16.6 Å². The van der Waals surface area contributed by atoms with Crippen LogP contribution in [0.4, 0.5) is 0 Å². The van der Waals surface area contributed by atoms with E-state index in [1.54, 1.807) is 13.1 Å². The average Bonchev–Trinajstić information content (AvgIpc) is 2.31. The lowest BCUT2D eigenvalue weighted by Crippen LogP contribution is -2.33. The van der Waals surface area contributed by atoms with Crippen LogP contribution < -0.4 is 5.32 Å². The maximum absolute atomic E-state index is 12.6. The Morgan fingerprint density at radius 2 is 1.79 bits per heavy atom. The van der Waals surface area contributed by atoms with Crippen LogP contribution in [0, 0.1) is 13.8 Å². The van der Waals surface area contributed by atoms with Gasteiger partial charge in [0.05, 0.1) is 4.90 Å². The van der Waals surface area contributed by atoms with Crippen LogP contribution in [0.2, 0.25) is 0 Å². The molecule has 0 fully saturated rings. The summed E-state index contributed by atoms with van der Waals surface area (Å²) in [5.41, 5.74) is 2.92. The Morgan fingerprint density at radius 1 is 1.21 bits per heavy atom. The highest BCUT2D eigenvalue weighted by Crippen LogP contribution is 2.24. The summed E-state index contributed by atoms with van der Waals surface area (Å²) in [5, 5.41) is 3.07. The summed E-state index contributed by atoms with van der Waals surface area (Å²) in [5.74, 6) is 0. The minimum absolute atomic E-state index is 0.0570. The average molecular weight is 284 g/mol. The quantitative estimate of drug-likeness (QED) is 0.900. The molecule has 0 radical (unpaired) electrons. The molecule has 19 heavy (non-hydrogen) atoms. The molecule has 0 saturated heterocycles. The van der Waals surface area contributed by atoms with E-state index in [0.717, 1.165) is 16.7 Å².